The van der Waals surface area contributed by atoms with Gasteiger partial charge in [0.1, 0.15) is 0 Å². The number of amides is 3. The number of piperidine rings is 1. The standard InChI is InChI=1S/C12H21N3O3/c1-8(2)7-14-11(17)12(18)15-10(16)9-3-5-13-6-4-9/h8-9,13H,3-7H2,1-2H3,(H,14,17)(H,15,16,18). The van der Waals surface area contributed by atoms with Crippen LogP contribution in [-0.4, -0.2) is 37.4 Å². The number of hydrogen-bond donors (Lipinski definition) is 3. The molecule has 0 atom stereocenters. The summed E-state index contributed by atoms with van der Waals surface area (Å²) in [5.41, 5.74) is 0. The normalized spacial score (nSPS) is 16.4. The van der Waals surface area contributed by atoms with Crippen LogP contribution >= 0.6 is 0 Å². The summed E-state index contributed by atoms with van der Waals surface area (Å²) in [7, 11) is 0. The van der Waals surface area contributed by atoms with Gasteiger partial charge in [0, 0.05) is 12.5 Å². The molecular formula is C12H21N3O3. The molecule has 1 heterocycles. The van der Waals surface area contributed by atoms with Crippen LogP contribution in [0.1, 0.15) is 26.7 Å². The summed E-state index contributed by atoms with van der Waals surface area (Å²) in [5, 5.41) is 7.76. The molecule has 0 radical (unpaired) electrons. The van der Waals surface area contributed by atoms with Crippen LogP contribution in [0.3, 0.4) is 0 Å². The highest BCUT2D eigenvalue weighted by molar-refractivity contribution is 6.37. The molecule has 6 heteroatoms. The lowest BCUT2D eigenvalue weighted by atomic mass is 9.97. The van der Waals surface area contributed by atoms with Crippen molar-refractivity contribution in [2.24, 2.45) is 11.8 Å². The van der Waals surface area contributed by atoms with E-state index in [0.29, 0.717) is 19.4 Å². The van der Waals surface area contributed by atoms with Gasteiger partial charge in [-0.25, -0.2) is 0 Å². The molecule has 0 saturated carbocycles. The van der Waals surface area contributed by atoms with E-state index in [2.05, 4.69) is 16.0 Å². The number of imide groups is 1. The third kappa shape index (κ3) is 4.83. The van der Waals surface area contributed by atoms with Gasteiger partial charge in [-0.3, -0.25) is 19.7 Å². The van der Waals surface area contributed by atoms with Gasteiger partial charge < -0.3 is 10.6 Å². The molecule has 18 heavy (non-hydrogen) atoms. The molecule has 0 aromatic carbocycles. The van der Waals surface area contributed by atoms with Gasteiger partial charge in [-0.05, 0) is 31.8 Å². The van der Waals surface area contributed by atoms with Crippen LogP contribution in [0.5, 0.6) is 0 Å². The molecule has 0 unspecified atom stereocenters. The van der Waals surface area contributed by atoms with Gasteiger partial charge in [-0.1, -0.05) is 13.8 Å². The monoisotopic (exact) mass is 255 g/mol. The minimum absolute atomic E-state index is 0.173. The Kier molecular flexibility index (Phi) is 5.77. The minimum Gasteiger partial charge on any atom is -0.348 e. The van der Waals surface area contributed by atoms with Crippen LogP contribution in [-0.2, 0) is 14.4 Å². The summed E-state index contributed by atoms with van der Waals surface area (Å²) in [6, 6.07) is 0. The van der Waals surface area contributed by atoms with E-state index in [-0.39, 0.29) is 17.7 Å². The highest BCUT2D eigenvalue weighted by atomic mass is 16.2. The molecule has 0 aliphatic carbocycles. The van der Waals surface area contributed by atoms with Gasteiger partial charge in [0.2, 0.25) is 5.91 Å². The Hall–Kier alpha value is -1.43. The van der Waals surface area contributed by atoms with Crippen molar-refractivity contribution in [2.75, 3.05) is 19.6 Å². The van der Waals surface area contributed by atoms with Crippen molar-refractivity contribution in [1.29, 1.82) is 0 Å². The van der Waals surface area contributed by atoms with Crippen molar-refractivity contribution >= 4 is 17.7 Å². The van der Waals surface area contributed by atoms with Crippen LogP contribution < -0.4 is 16.0 Å². The van der Waals surface area contributed by atoms with Crippen molar-refractivity contribution in [2.45, 2.75) is 26.7 Å². The van der Waals surface area contributed by atoms with Crippen molar-refractivity contribution in [3.05, 3.63) is 0 Å². The van der Waals surface area contributed by atoms with Crippen molar-refractivity contribution in [3.8, 4) is 0 Å². The fourth-order valence-electron chi connectivity index (χ4n) is 1.73. The zero-order chi connectivity index (χ0) is 13.5. The Morgan fingerprint density at radius 1 is 1.17 bits per heavy atom. The van der Waals surface area contributed by atoms with Crippen LogP contribution in [0, 0.1) is 11.8 Å². The van der Waals surface area contributed by atoms with E-state index >= 15 is 0 Å². The molecule has 1 aliphatic rings. The molecule has 3 N–H and O–H groups in total. The number of carbonyl (C=O) groups is 3. The Labute approximate surface area is 107 Å². The first-order valence-corrected chi connectivity index (χ1v) is 6.34. The second kappa shape index (κ2) is 7.10. The van der Waals surface area contributed by atoms with Gasteiger partial charge >= 0.3 is 11.8 Å². The molecule has 0 bridgehead atoms. The molecule has 0 aromatic rings. The van der Waals surface area contributed by atoms with Gasteiger partial charge in [0.25, 0.3) is 0 Å². The van der Waals surface area contributed by atoms with E-state index in [1.54, 1.807) is 0 Å². The molecule has 1 rings (SSSR count). The highest BCUT2D eigenvalue weighted by Crippen LogP contribution is 2.10. The summed E-state index contributed by atoms with van der Waals surface area (Å²) in [5.74, 6) is -1.86. The first-order valence-electron chi connectivity index (χ1n) is 6.34. The second-order valence-electron chi connectivity index (χ2n) is 4.95. The van der Waals surface area contributed by atoms with E-state index < -0.39 is 11.8 Å². The van der Waals surface area contributed by atoms with Crippen molar-refractivity contribution in [1.82, 2.24) is 16.0 Å². The Balaban J connectivity index is 2.34. The lowest BCUT2D eigenvalue weighted by molar-refractivity contribution is -0.143. The van der Waals surface area contributed by atoms with Crippen molar-refractivity contribution < 1.29 is 14.4 Å². The fourth-order valence-corrected chi connectivity index (χ4v) is 1.73. The Morgan fingerprint density at radius 3 is 2.33 bits per heavy atom. The lowest BCUT2D eigenvalue weighted by Crippen LogP contribution is -2.47. The summed E-state index contributed by atoms with van der Waals surface area (Å²) < 4.78 is 0. The molecule has 1 fully saturated rings. The van der Waals surface area contributed by atoms with Crippen LogP contribution in [0.25, 0.3) is 0 Å². The topological polar surface area (TPSA) is 87.3 Å². The van der Waals surface area contributed by atoms with Crippen LogP contribution in [0.15, 0.2) is 0 Å². The molecule has 0 aromatic heterocycles. The third-order valence-corrected chi connectivity index (χ3v) is 2.82. The van der Waals surface area contributed by atoms with Gasteiger partial charge in [-0.15, -0.1) is 0 Å². The maximum Gasteiger partial charge on any atom is 0.315 e. The molecule has 0 spiro atoms. The zero-order valence-corrected chi connectivity index (χ0v) is 10.9. The van der Waals surface area contributed by atoms with E-state index in [9.17, 15) is 14.4 Å². The smallest absolute Gasteiger partial charge is 0.315 e. The second-order valence-corrected chi connectivity index (χ2v) is 4.95. The SMILES string of the molecule is CC(C)CNC(=O)C(=O)NC(=O)C1CCNCC1. The summed E-state index contributed by atoms with van der Waals surface area (Å²) in [4.78, 5) is 34.5. The predicted molar refractivity (Wildman–Crippen MR) is 66.6 cm³/mol. The van der Waals surface area contributed by atoms with Gasteiger partial charge in [0.05, 0.1) is 0 Å². The number of hydrogen-bond acceptors (Lipinski definition) is 4. The molecule has 102 valence electrons. The van der Waals surface area contributed by atoms with E-state index in [1.165, 1.54) is 0 Å². The fraction of sp³-hybridized carbons (Fsp3) is 0.750. The lowest BCUT2D eigenvalue weighted by Gasteiger charge is -2.21. The van der Waals surface area contributed by atoms with Crippen LogP contribution in [0.2, 0.25) is 0 Å². The van der Waals surface area contributed by atoms with E-state index in [0.717, 1.165) is 13.1 Å². The average molecular weight is 255 g/mol. The average Bonchev–Trinajstić information content (AvgIpc) is 2.36. The number of rotatable bonds is 3. The Morgan fingerprint density at radius 2 is 1.78 bits per heavy atom. The molecule has 6 nitrogen and oxygen atoms in total. The summed E-state index contributed by atoms with van der Waals surface area (Å²) >= 11 is 0. The highest BCUT2D eigenvalue weighted by Gasteiger charge is 2.24. The van der Waals surface area contributed by atoms with Gasteiger partial charge in [-0.2, -0.15) is 0 Å². The molecule has 3 amide bonds. The minimum atomic E-state index is -0.862. The molecule has 1 saturated heterocycles. The maximum atomic E-state index is 11.7. The quantitative estimate of drug-likeness (QED) is 0.588. The number of carbonyl (C=O) groups excluding carboxylic acids is 3. The molecular weight excluding hydrogens is 234 g/mol. The third-order valence-electron chi connectivity index (χ3n) is 2.82. The summed E-state index contributed by atoms with van der Waals surface area (Å²) in [6.07, 6.45) is 1.40. The number of nitrogens with one attached hydrogen (secondary N) is 3. The largest absolute Gasteiger partial charge is 0.348 e. The van der Waals surface area contributed by atoms with Crippen LogP contribution in [0.4, 0.5) is 0 Å². The predicted octanol–water partition coefficient (Wildman–Crippen LogP) is -0.599. The van der Waals surface area contributed by atoms with E-state index in [1.807, 2.05) is 13.8 Å². The first-order chi connectivity index (χ1) is 8.50. The summed E-state index contributed by atoms with van der Waals surface area (Å²) in [6.45, 7) is 5.82. The maximum absolute atomic E-state index is 11.7. The van der Waals surface area contributed by atoms with Gasteiger partial charge in [0.15, 0.2) is 0 Å². The Bertz CT molecular complexity index is 323. The van der Waals surface area contributed by atoms with E-state index in [4.69, 9.17) is 0 Å². The molecule has 1 aliphatic heterocycles. The zero-order valence-electron chi connectivity index (χ0n) is 10.9. The first kappa shape index (κ1) is 14.6. The van der Waals surface area contributed by atoms with Crippen molar-refractivity contribution in [3.63, 3.8) is 0 Å².